The summed E-state index contributed by atoms with van der Waals surface area (Å²) in [6.45, 7) is 3.90. The van der Waals surface area contributed by atoms with Gasteiger partial charge in [-0.15, -0.1) is 0 Å². The van der Waals surface area contributed by atoms with Crippen molar-refractivity contribution < 1.29 is 0 Å². The molecule has 1 heteroatoms. The Balaban J connectivity index is 2.63. The highest BCUT2D eigenvalue weighted by Gasteiger charge is 2.03. The van der Waals surface area contributed by atoms with Crippen molar-refractivity contribution in [2.75, 3.05) is 0 Å². The molecule has 0 fully saturated rings. The van der Waals surface area contributed by atoms with E-state index in [1.807, 2.05) is 12.1 Å². The number of benzene rings is 2. The van der Waals surface area contributed by atoms with Gasteiger partial charge in [-0.05, 0) is 16.7 Å². The van der Waals surface area contributed by atoms with Crippen LogP contribution in [0, 0.1) is 0 Å². The molecule has 74 valence electrons. The van der Waals surface area contributed by atoms with Crippen LogP contribution in [-0.2, 0) is 0 Å². The molecule has 0 heterocycles. The van der Waals surface area contributed by atoms with E-state index in [1.165, 1.54) is 21.9 Å². The van der Waals surface area contributed by atoms with Crippen molar-refractivity contribution in [1.82, 2.24) is 0 Å². The molecule has 0 aliphatic heterocycles. The molecule has 0 aromatic heterocycles. The summed E-state index contributed by atoms with van der Waals surface area (Å²) < 4.78 is 0. The minimum absolute atomic E-state index is 1.06. The molecule has 2 rings (SSSR count). The number of rotatable bonds is 2. The summed E-state index contributed by atoms with van der Waals surface area (Å²) in [6, 6.07) is 16.9. The molecular formula is C14H14Si. The lowest BCUT2D eigenvalue weighted by molar-refractivity contribution is 1.62. The molecule has 0 aliphatic carbocycles. The summed E-state index contributed by atoms with van der Waals surface area (Å²) in [4.78, 5) is 0. The highest BCUT2D eigenvalue weighted by atomic mass is 28.1. The van der Waals surface area contributed by atoms with Gasteiger partial charge >= 0.3 is 0 Å². The van der Waals surface area contributed by atoms with Crippen molar-refractivity contribution >= 4 is 21.5 Å². The summed E-state index contributed by atoms with van der Waals surface area (Å²) in [5.41, 5.74) is 3.85. The molecule has 2 aromatic rings. The average Bonchev–Trinajstić information content (AvgIpc) is 2.30. The van der Waals surface area contributed by atoms with E-state index in [0.717, 1.165) is 10.2 Å². The molecule has 0 saturated carbocycles. The highest BCUT2D eigenvalue weighted by Crippen LogP contribution is 2.22. The Morgan fingerprint density at radius 1 is 0.933 bits per heavy atom. The van der Waals surface area contributed by atoms with Crippen LogP contribution < -0.4 is 5.19 Å². The lowest BCUT2D eigenvalue weighted by Crippen LogP contribution is -2.07. The Labute approximate surface area is 93.7 Å². The summed E-state index contributed by atoms with van der Waals surface area (Å²) in [7, 11) is 1.06. The average molecular weight is 210 g/mol. The summed E-state index contributed by atoms with van der Waals surface area (Å²) in [6.07, 6.45) is 1.96. The maximum atomic E-state index is 3.90. The number of hydrogen-bond acceptors (Lipinski definition) is 0. The smallest absolute Gasteiger partial charge is 0.0393 e. The molecule has 0 spiro atoms. The van der Waals surface area contributed by atoms with Crippen molar-refractivity contribution in [1.29, 1.82) is 0 Å². The van der Waals surface area contributed by atoms with Gasteiger partial charge in [0, 0.05) is 10.2 Å². The first-order valence-electron chi connectivity index (χ1n) is 5.10. The predicted octanol–water partition coefficient (Wildman–Crippen LogP) is 1.99. The molecular weight excluding hydrogens is 196 g/mol. The van der Waals surface area contributed by atoms with E-state index in [-0.39, 0.29) is 0 Å². The summed E-state index contributed by atoms with van der Waals surface area (Å²) in [5, 5.41) is 1.41. The zero-order chi connectivity index (χ0) is 10.7. The van der Waals surface area contributed by atoms with Gasteiger partial charge in [-0.3, -0.25) is 0 Å². The lowest BCUT2D eigenvalue weighted by atomic mass is 10.00. The second-order valence-corrected chi connectivity index (χ2v) is 4.68. The maximum absolute atomic E-state index is 3.90. The lowest BCUT2D eigenvalue weighted by Gasteiger charge is -2.08. The topological polar surface area (TPSA) is 0 Å². The van der Waals surface area contributed by atoms with Crippen LogP contribution in [0.15, 0.2) is 55.1 Å². The molecule has 0 radical (unpaired) electrons. The van der Waals surface area contributed by atoms with Gasteiger partial charge in [0.15, 0.2) is 0 Å². The molecule has 0 unspecified atom stereocenters. The molecule has 0 saturated heterocycles. The normalized spacial score (nSPS) is 10.1. The van der Waals surface area contributed by atoms with Crippen LogP contribution in [0.3, 0.4) is 0 Å². The molecule has 2 aromatic carbocycles. The number of hydrogen-bond donors (Lipinski definition) is 0. The van der Waals surface area contributed by atoms with Gasteiger partial charge in [0.1, 0.15) is 0 Å². The first kappa shape index (κ1) is 9.93. The maximum Gasteiger partial charge on any atom is 0.0393 e. The van der Waals surface area contributed by atoms with E-state index in [1.54, 1.807) is 0 Å². The van der Waals surface area contributed by atoms with Crippen molar-refractivity contribution in [3.63, 3.8) is 0 Å². The van der Waals surface area contributed by atoms with Crippen molar-refractivity contribution in [2.24, 2.45) is 0 Å². The fraction of sp³-hybridized carbons (Fsp3) is 0. The standard InChI is InChI=1S/C14H14Si/c1-2-12-13(9-6-10-14(12)15)11-7-4-3-5-8-11/h2-10H,1H2,15H3. The van der Waals surface area contributed by atoms with Gasteiger partial charge in [0.05, 0.1) is 0 Å². The molecule has 0 nitrogen and oxygen atoms in total. The van der Waals surface area contributed by atoms with Gasteiger partial charge in [-0.25, -0.2) is 0 Å². The Morgan fingerprint density at radius 2 is 1.67 bits per heavy atom. The van der Waals surface area contributed by atoms with Gasteiger partial charge in [0.25, 0.3) is 0 Å². The third-order valence-electron chi connectivity index (χ3n) is 2.61. The Hall–Kier alpha value is -1.60. The van der Waals surface area contributed by atoms with Crippen molar-refractivity contribution in [3.05, 3.63) is 60.7 Å². The van der Waals surface area contributed by atoms with Crippen molar-refractivity contribution in [2.45, 2.75) is 0 Å². The third kappa shape index (κ3) is 1.92. The molecule has 15 heavy (non-hydrogen) atoms. The highest BCUT2D eigenvalue weighted by molar-refractivity contribution is 6.34. The second-order valence-electron chi connectivity index (χ2n) is 3.61. The van der Waals surface area contributed by atoms with E-state index >= 15 is 0 Å². The fourth-order valence-corrected chi connectivity index (χ4v) is 2.49. The zero-order valence-corrected chi connectivity index (χ0v) is 10.9. The van der Waals surface area contributed by atoms with E-state index < -0.39 is 0 Å². The van der Waals surface area contributed by atoms with E-state index in [0.29, 0.717) is 0 Å². The van der Waals surface area contributed by atoms with E-state index in [4.69, 9.17) is 0 Å². The minimum atomic E-state index is 1.06. The first-order valence-corrected chi connectivity index (χ1v) is 6.10. The van der Waals surface area contributed by atoms with Crippen LogP contribution >= 0.6 is 0 Å². The minimum Gasteiger partial charge on any atom is -0.0985 e. The van der Waals surface area contributed by atoms with Gasteiger partial charge in [-0.1, -0.05) is 66.4 Å². The Kier molecular flexibility index (Phi) is 2.83. The molecule has 0 N–H and O–H groups in total. The molecule has 0 amide bonds. The quantitative estimate of drug-likeness (QED) is 0.665. The summed E-state index contributed by atoms with van der Waals surface area (Å²) >= 11 is 0. The Morgan fingerprint density at radius 3 is 2.33 bits per heavy atom. The van der Waals surface area contributed by atoms with Crippen LogP contribution in [0.1, 0.15) is 5.56 Å². The van der Waals surface area contributed by atoms with Gasteiger partial charge in [0.2, 0.25) is 0 Å². The van der Waals surface area contributed by atoms with Crippen LogP contribution in [0.25, 0.3) is 17.2 Å². The predicted molar refractivity (Wildman–Crippen MR) is 71.5 cm³/mol. The van der Waals surface area contributed by atoms with E-state index in [2.05, 4.69) is 49.0 Å². The monoisotopic (exact) mass is 210 g/mol. The molecule has 0 aliphatic rings. The SMILES string of the molecule is C=Cc1c([SiH3])cccc1-c1ccccc1. The van der Waals surface area contributed by atoms with E-state index in [9.17, 15) is 0 Å². The van der Waals surface area contributed by atoms with Crippen LogP contribution in [0.4, 0.5) is 0 Å². The van der Waals surface area contributed by atoms with Crippen LogP contribution in [0.2, 0.25) is 0 Å². The first-order chi connectivity index (χ1) is 7.33. The Bertz CT molecular complexity index is 472. The second kappa shape index (κ2) is 4.28. The molecule has 0 bridgehead atoms. The largest absolute Gasteiger partial charge is 0.0985 e. The molecule has 0 atom stereocenters. The van der Waals surface area contributed by atoms with Crippen LogP contribution in [-0.4, -0.2) is 10.2 Å². The fourth-order valence-electron chi connectivity index (χ4n) is 1.82. The van der Waals surface area contributed by atoms with Gasteiger partial charge in [-0.2, -0.15) is 0 Å². The zero-order valence-electron chi connectivity index (χ0n) is 8.90. The third-order valence-corrected chi connectivity index (χ3v) is 3.49. The summed E-state index contributed by atoms with van der Waals surface area (Å²) in [5.74, 6) is 0. The van der Waals surface area contributed by atoms with Crippen LogP contribution in [0.5, 0.6) is 0 Å². The van der Waals surface area contributed by atoms with Gasteiger partial charge < -0.3 is 0 Å². The van der Waals surface area contributed by atoms with Crippen molar-refractivity contribution in [3.8, 4) is 11.1 Å².